The van der Waals surface area contributed by atoms with Gasteiger partial charge < -0.3 is 10.1 Å². The Bertz CT molecular complexity index is 662. The summed E-state index contributed by atoms with van der Waals surface area (Å²) in [6.45, 7) is 1.75. The van der Waals surface area contributed by atoms with E-state index in [1.54, 1.807) is 19.1 Å². The summed E-state index contributed by atoms with van der Waals surface area (Å²) in [5, 5.41) is 2.63. The van der Waals surface area contributed by atoms with Gasteiger partial charge in [-0.2, -0.15) is 0 Å². The zero-order chi connectivity index (χ0) is 14.7. The first-order valence-electron chi connectivity index (χ1n) is 5.79. The van der Waals surface area contributed by atoms with E-state index in [-0.39, 0.29) is 5.56 Å². The summed E-state index contributed by atoms with van der Waals surface area (Å²) in [4.78, 5) is 16.2. The van der Waals surface area contributed by atoms with Crippen LogP contribution >= 0.6 is 15.9 Å². The fraction of sp³-hybridized carbons (Fsp3) is 0.143. The SMILES string of the molecule is COc1ccc(C(=O)Nc2ccc(Br)nc2C)c(F)c1. The first-order chi connectivity index (χ1) is 9.51. The average molecular weight is 339 g/mol. The van der Waals surface area contributed by atoms with E-state index in [1.807, 2.05) is 0 Å². The minimum atomic E-state index is -0.635. The third-order valence-electron chi connectivity index (χ3n) is 2.72. The van der Waals surface area contributed by atoms with Gasteiger partial charge in [0.1, 0.15) is 16.2 Å². The molecule has 0 atom stereocenters. The Hall–Kier alpha value is -1.95. The maximum atomic E-state index is 13.8. The predicted molar refractivity (Wildman–Crippen MR) is 77.6 cm³/mol. The van der Waals surface area contributed by atoms with Crippen molar-refractivity contribution in [2.45, 2.75) is 6.92 Å². The van der Waals surface area contributed by atoms with Crippen molar-refractivity contribution in [1.82, 2.24) is 4.98 Å². The third-order valence-corrected chi connectivity index (χ3v) is 3.16. The summed E-state index contributed by atoms with van der Waals surface area (Å²) in [6.07, 6.45) is 0. The zero-order valence-corrected chi connectivity index (χ0v) is 12.5. The van der Waals surface area contributed by atoms with E-state index in [2.05, 4.69) is 26.2 Å². The van der Waals surface area contributed by atoms with E-state index in [0.717, 1.165) is 0 Å². The van der Waals surface area contributed by atoms with Gasteiger partial charge in [0.25, 0.3) is 5.91 Å². The van der Waals surface area contributed by atoms with Crippen molar-refractivity contribution in [3.05, 3.63) is 52.0 Å². The molecule has 20 heavy (non-hydrogen) atoms. The molecule has 0 radical (unpaired) electrons. The van der Waals surface area contributed by atoms with Crippen molar-refractivity contribution in [3.8, 4) is 5.75 Å². The van der Waals surface area contributed by atoms with E-state index in [4.69, 9.17) is 4.74 Å². The van der Waals surface area contributed by atoms with Crippen LogP contribution in [0.2, 0.25) is 0 Å². The smallest absolute Gasteiger partial charge is 0.258 e. The highest BCUT2D eigenvalue weighted by Crippen LogP contribution is 2.20. The summed E-state index contributed by atoms with van der Waals surface area (Å²) in [5.41, 5.74) is 1.13. The Morgan fingerprint density at radius 2 is 2.10 bits per heavy atom. The zero-order valence-electron chi connectivity index (χ0n) is 10.9. The Morgan fingerprint density at radius 3 is 2.70 bits per heavy atom. The van der Waals surface area contributed by atoms with E-state index >= 15 is 0 Å². The third kappa shape index (κ3) is 3.14. The number of hydrogen-bond donors (Lipinski definition) is 1. The summed E-state index contributed by atoms with van der Waals surface area (Å²) in [6, 6.07) is 7.48. The van der Waals surface area contributed by atoms with Crippen LogP contribution < -0.4 is 10.1 Å². The van der Waals surface area contributed by atoms with Gasteiger partial charge in [0.15, 0.2) is 0 Å². The van der Waals surface area contributed by atoms with Gasteiger partial charge in [0, 0.05) is 6.07 Å². The van der Waals surface area contributed by atoms with Crippen LogP contribution in [0.5, 0.6) is 5.75 Å². The van der Waals surface area contributed by atoms with Gasteiger partial charge in [-0.3, -0.25) is 4.79 Å². The van der Waals surface area contributed by atoms with Gasteiger partial charge in [-0.15, -0.1) is 0 Å². The number of benzene rings is 1. The number of aryl methyl sites for hydroxylation is 1. The van der Waals surface area contributed by atoms with Crippen molar-refractivity contribution in [3.63, 3.8) is 0 Å². The lowest BCUT2D eigenvalue weighted by molar-refractivity contribution is 0.102. The lowest BCUT2D eigenvalue weighted by Crippen LogP contribution is -2.15. The Morgan fingerprint density at radius 1 is 1.35 bits per heavy atom. The molecule has 0 aliphatic rings. The van der Waals surface area contributed by atoms with Crippen molar-refractivity contribution >= 4 is 27.5 Å². The van der Waals surface area contributed by atoms with E-state index < -0.39 is 11.7 Å². The van der Waals surface area contributed by atoms with E-state index in [1.165, 1.54) is 25.3 Å². The molecule has 0 fully saturated rings. The summed E-state index contributed by atoms with van der Waals surface area (Å²) in [5.74, 6) is -0.803. The normalized spacial score (nSPS) is 10.2. The molecule has 1 heterocycles. The largest absolute Gasteiger partial charge is 0.497 e. The number of rotatable bonds is 3. The van der Waals surface area contributed by atoms with E-state index in [9.17, 15) is 9.18 Å². The molecule has 1 aromatic carbocycles. The highest BCUT2D eigenvalue weighted by Gasteiger charge is 2.14. The molecule has 0 aliphatic carbocycles. The molecule has 6 heteroatoms. The molecule has 2 rings (SSSR count). The monoisotopic (exact) mass is 338 g/mol. The number of amides is 1. The number of pyridine rings is 1. The molecule has 0 unspecified atom stereocenters. The van der Waals surface area contributed by atoms with Crippen molar-refractivity contribution in [1.29, 1.82) is 0 Å². The van der Waals surface area contributed by atoms with E-state index in [0.29, 0.717) is 21.7 Å². The van der Waals surface area contributed by atoms with Crippen LogP contribution in [0.15, 0.2) is 34.9 Å². The number of anilines is 1. The Balaban J connectivity index is 2.24. The van der Waals surface area contributed by atoms with Crippen LogP contribution in [0, 0.1) is 12.7 Å². The topological polar surface area (TPSA) is 51.2 Å². The first kappa shape index (κ1) is 14.5. The molecule has 1 aromatic heterocycles. The number of nitrogens with one attached hydrogen (secondary N) is 1. The lowest BCUT2D eigenvalue weighted by Gasteiger charge is -2.09. The number of ether oxygens (including phenoxy) is 1. The fourth-order valence-electron chi connectivity index (χ4n) is 1.66. The second-order valence-electron chi connectivity index (χ2n) is 4.07. The maximum Gasteiger partial charge on any atom is 0.258 e. The number of halogens is 2. The number of carbonyl (C=O) groups is 1. The second kappa shape index (κ2) is 6.00. The number of hydrogen-bond acceptors (Lipinski definition) is 3. The van der Waals surface area contributed by atoms with Gasteiger partial charge in [0.2, 0.25) is 0 Å². The summed E-state index contributed by atoms with van der Waals surface area (Å²) >= 11 is 3.24. The Kier molecular flexibility index (Phi) is 4.34. The number of carbonyl (C=O) groups excluding carboxylic acids is 1. The molecular formula is C14H12BrFN2O2. The average Bonchev–Trinajstić information content (AvgIpc) is 2.41. The van der Waals surface area contributed by atoms with Crippen molar-refractivity contribution < 1.29 is 13.9 Å². The summed E-state index contributed by atoms with van der Waals surface area (Å²) < 4.78 is 19.4. The molecule has 0 saturated heterocycles. The summed E-state index contributed by atoms with van der Waals surface area (Å²) in [7, 11) is 1.44. The molecule has 1 N–H and O–H groups in total. The van der Waals surface area contributed by atoms with Crippen LogP contribution in [0.4, 0.5) is 10.1 Å². The van der Waals surface area contributed by atoms with Crippen molar-refractivity contribution in [2.24, 2.45) is 0 Å². The van der Waals surface area contributed by atoms with Crippen LogP contribution in [-0.2, 0) is 0 Å². The number of aromatic nitrogens is 1. The molecule has 0 spiro atoms. The van der Waals surface area contributed by atoms with Crippen LogP contribution in [0.1, 0.15) is 16.1 Å². The minimum absolute atomic E-state index is 0.0480. The molecule has 0 bridgehead atoms. The Labute approximate surface area is 124 Å². The molecule has 0 saturated carbocycles. The predicted octanol–water partition coefficient (Wildman–Crippen LogP) is 3.55. The molecule has 0 aliphatic heterocycles. The first-order valence-corrected chi connectivity index (χ1v) is 6.58. The van der Waals surface area contributed by atoms with Gasteiger partial charge >= 0.3 is 0 Å². The van der Waals surface area contributed by atoms with Crippen LogP contribution in [-0.4, -0.2) is 18.0 Å². The lowest BCUT2D eigenvalue weighted by atomic mass is 10.2. The van der Waals surface area contributed by atoms with Crippen LogP contribution in [0.3, 0.4) is 0 Å². The fourth-order valence-corrected chi connectivity index (χ4v) is 2.06. The molecule has 4 nitrogen and oxygen atoms in total. The molecule has 104 valence electrons. The number of methoxy groups -OCH3 is 1. The second-order valence-corrected chi connectivity index (χ2v) is 4.88. The highest BCUT2D eigenvalue weighted by atomic mass is 79.9. The minimum Gasteiger partial charge on any atom is -0.497 e. The number of nitrogens with zero attached hydrogens (tertiary/aromatic N) is 1. The van der Waals surface area contributed by atoms with Crippen molar-refractivity contribution in [2.75, 3.05) is 12.4 Å². The van der Waals surface area contributed by atoms with Gasteiger partial charge in [0.05, 0.1) is 24.1 Å². The van der Waals surface area contributed by atoms with Gasteiger partial charge in [-0.1, -0.05) is 0 Å². The van der Waals surface area contributed by atoms with Crippen LogP contribution in [0.25, 0.3) is 0 Å². The quantitative estimate of drug-likeness (QED) is 0.870. The van der Waals surface area contributed by atoms with Gasteiger partial charge in [-0.05, 0) is 47.1 Å². The maximum absolute atomic E-state index is 13.8. The molecular weight excluding hydrogens is 327 g/mol. The highest BCUT2D eigenvalue weighted by molar-refractivity contribution is 9.10. The van der Waals surface area contributed by atoms with Gasteiger partial charge in [-0.25, -0.2) is 9.37 Å². The molecule has 1 amide bonds. The standard InChI is InChI=1S/C14H12BrFN2O2/c1-8-12(5-6-13(15)17-8)18-14(19)10-4-3-9(20-2)7-11(10)16/h3-7H,1-2H3,(H,18,19). The molecule has 2 aromatic rings.